The standard InChI is InChI=1S/C27H37BF2O2Si/c1-17(2)33(18(3)4,19(5)6)15-14-21-24-20(16-23(29)25(21)30)12-11-13-22(24)28-31-26(7,8)27(9,10)32-28/h11-13,16-19H,1-10H3. The summed E-state index contributed by atoms with van der Waals surface area (Å²) < 4.78 is 42.5. The van der Waals surface area contributed by atoms with Gasteiger partial charge in [-0.25, -0.2) is 8.78 Å². The van der Waals surface area contributed by atoms with Crippen LogP contribution in [-0.4, -0.2) is 26.4 Å². The van der Waals surface area contributed by atoms with Crippen molar-refractivity contribution >= 4 is 31.4 Å². The van der Waals surface area contributed by atoms with E-state index in [2.05, 4.69) is 53.0 Å². The summed E-state index contributed by atoms with van der Waals surface area (Å²) in [6, 6.07) is 6.72. The molecule has 6 heteroatoms. The molecule has 0 radical (unpaired) electrons. The topological polar surface area (TPSA) is 18.5 Å². The molecular weight excluding hydrogens is 433 g/mol. The minimum absolute atomic E-state index is 0.106. The zero-order valence-corrected chi connectivity index (χ0v) is 22.7. The fourth-order valence-electron chi connectivity index (χ4n) is 5.31. The van der Waals surface area contributed by atoms with E-state index >= 15 is 4.39 Å². The van der Waals surface area contributed by atoms with Gasteiger partial charge >= 0.3 is 7.12 Å². The summed E-state index contributed by atoms with van der Waals surface area (Å²) in [5.74, 6) is 1.38. The molecule has 0 atom stereocenters. The molecule has 1 saturated heterocycles. The highest BCUT2D eigenvalue weighted by atomic mass is 28.3. The lowest BCUT2D eigenvalue weighted by Gasteiger charge is -2.38. The third-order valence-electron chi connectivity index (χ3n) is 7.87. The Morgan fingerprint density at radius 3 is 1.88 bits per heavy atom. The normalized spacial score (nSPS) is 17.8. The molecule has 0 N–H and O–H groups in total. The Labute approximate surface area is 199 Å². The lowest BCUT2D eigenvalue weighted by Crippen LogP contribution is -2.43. The molecule has 1 aliphatic rings. The third-order valence-corrected chi connectivity index (χ3v) is 14.2. The van der Waals surface area contributed by atoms with Gasteiger partial charge in [0.1, 0.15) is 8.07 Å². The van der Waals surface area contributed by atoms with Crippen molar-refractivity contribution in [2.24, 2.45) is 0 Å². The van der Waals surface area contributed by atoms with E-state index in [0.717, 1.165) is 0 Å². The number of hydrogen-bond donors (Lipinski definition) is 0. The number of rotatable bonds is 4. The Balaban J connectivity index is 2.30. The molecule has 3 rings (SSSR count). The van der Waals surface area contributed by atoms with E-state index in [1.54, 1.807) is 6.07 Å². The second-order valence-corrected chi connectivity index (χ2v) is 16.8. The van der Waals surface area contributed by atoms with E-state index in [4.69, 9.17) is 9.31 Å². The first kappa shape index (κ1) is 25.9. The van der Waals surface area contributed by atoms with Crippen LogP contribution in [0.3, 0.4) is 0 Å². The fourth-order valence-corrected chi connectivity index (χ4v) is 10.5. The average molecular weight is 470 g/mol. The Morgan fingerprint density at radius 1 is 0.879 bits per heavy atom. The predicted octanol–water partition coefficient (Wildman–Crippen LogP) is 6.99. The monoisotopic (exact) mass is 470 g/mol. The summed E-state index contributed by atoms with van der Waals surface area (Å²) in [4.78, 5) is 0. The predicted molar refractivity (Wildman–Crippen MR) is 138 cm³/mol. The maximum Gasteiger partial charge on any atom is 0.495 e. The van der Waals surface area contributed by atoms with Crippen LogP contribution in [0, 0.1) is 23.1 Å². The largest absolute Gasteiger partial charge is 0.495 e. The third kappa shape index (κ3) is 4.29. The molecule has 0 aliphatic carbocycles. The van der Waals surface area contributed by atoms with Crippen LogP contribution in [0.2, 0.25) is 16.6 Å². The van der Waals surface area contributed by atoms with Crippen LogP contribution in [0.4, 0.5) is 8.78 Å². The highest BCUT2D eigenvalue weighted by molar-refractivity contribution is 6.90. The van der Waals surface area contributed by atoms with Gasteiger partial charge in [0, 0.05) is 5.39 Å². The van der Waals surface area contributed by atoms with E-state index in [-0.39, 0.29) is 5.56 Å². The molecule has 2 aromatic rings. The van der Waals surface area contributed by atoms with Gasteiger partial charge in [0.25, 0.3) is 0 Å². The zero-order valence-electron chi connectivity index (χ0n) is 21.7. The van der Waals surface area contributed by atoms with Gasteiger partial charge in [-0.3, -0.25) is 0 Å². The molecule has 0 unspecified atom stereocenters. The van der Waals surface area contributed by atoms with Gasteiger partial charge in [-0.2, -0.15) is 0 Å². The Bertz CT molecular complexity index is 1070. The molecule has 2 nitrogen and oxygen atoms in total. The average Bonchev–Trinajstić information content (AvgIpc) is 2.90. The maximum absolute atomic E-state index is 15.3. The van der Waals surface area contributed by atoms with Crippen LogP contribution in [0.5, 0.6) is 0 Å². The maximum atomic E-state index is 15.3. The first-order chi connectivity index (χ1) is 15.2. The van der Waals surface area contributed by atoms with Crippen molar-refractivity contribution in [3.05, 3.63) is 41.5 Å². The molecule has 1 aliphatic heterocycles. The highest BCUT2D eigenvalue weighted by Gasteiger charge is 2.52. The minimum Gasteiger partial charge on any atom is -0.399 e. The van der Waals surface area contributed by atoms with E-state index in [0.29, 0.717) is 32.9 Å². The molecule has 0 bridgehead atoms. The molecule has 1 heterocycles. The second kappa shape index (κ2) is 8.83. The zero-order chi connectivity index (χ0) is 24.9. The minimum atomic E-state index is -2.15. The van der Waals surface area contributed by atoms with Crippen molar-refractivity contribution in [1.29, 1.82) is 0 Å². The van der Waals surface area contributed by atoms with Crippen LogP contribution in [-0.2, 0) is 9.31 Å². The van der Waals surface area contributed by atoms with Gasteiger partial charge in [0.2, 0.25) is 0 Å². The molecule has 2 aromatic carbocycles. The van der Waals surface area contributed by atoms with Crippen LogP contribution in [0.25, 0.3) is 10.8 Å². The summed E-state index contributed by atoms with van der Waals surface area (Å²) in [5, 5.41) is 1.16. The van der Waals surface area contributed by atoms with Crippen LogP contribution < -0.4 is 5.46 Å². The first-order valence-corrected chi connectivity index (χ1v) is 14.2. The molecule has 178 valence electrons. The summed E-state index contributed by atoms with van der Waals surface area (Å²) in [6.07, 6.45) is 0. The van der Waals surface area contributed by atoms with Gasteiger partial charge < -0.3 is 9.31 Å². The van der Waals surface area contributed by atoms with E-state index < -0.39 is 38.0 Å². The molecule has 0 spiro atoms. The number of hydrogen-bond acceptors (Lipinski definition) is 2. The van der Waals surface area contributed by atoms with E-state index in [1.165, 1.54) is 6.07 Å². The quantitative estimate of drug-likeness (QED) is 0.354. The van der Waals surface area contributed by atoms with Gasteiger partial charge in [0.05, 0.1) is 16.8 Å². The first-order valence-electron chi connectivity index (χ1n) is 11.9. The van der Waals surface area contributed by atoms with Crippen molar-refractivity contribution in [3.8, 4) is 11.5 Å². The lowest BCUT2D eigenvalue weighted by atomic mass is 9.75. The second-order valence-electron chi connectivity index (χ2n) is 11.2. The van der Waals surface area contributed by atoms with Gasteiger partial charge in [-0.15, -0.1) is 5.54 Å². The van der Waals surface area contributed by atoms with E-state index in [9.17, 15) is 4.39 Å². The van der Waals surface area contributed by atoms with Crippen molar-refractivity contribution in [2.45, 2.75) is 97.1 Å². The summed E-state index contributed by atoms with van der Waals surface area (Å²) in [7, 11) is -2.83. The van der Waals surface area contributed by atoms with Crippen LogP contribution in [0.15, 0.2) is 24.3 Å². The molecule has 0 amide bonds. The Hall–Kier alpha value is -1.68. The van der Waals surface area contributed by atoms with Crippen LogP contribution in [0.1, 0.15) is 74.8 Å². The molecule has 0 aromatic heterocycles. The smallest absolute Gasteiger partial charge is 0.399 e. The van der Waals surface area contributed by atoms with Crippen molar-refractivity contribution in [1.82, 2.24) is 0 Å². The number of benzene rings is 2. The molecule has 0 saturated carbocycles. The fraction of sp³-hybridized carbons (Fsp3) is 0.556. The van der Waals surface area contributed by atoms with Gasteiger partial charge in [0.15, 0.2) is 11.6 Å². The molecular formula is C27H37BF2O2Si. The molecule has 33 heavy (non-hydrogen) atoms. The van der Waals surface area contributed by atoms with Gasteiger partial charge in [-0.1, -0.05) is 65.7 Å². The summed E-state index contributed by atoms with van der Waals surface area (Å²) in [6.45, 7) is 21.1. The Morgan fingerprint density at radius 2 is 1.39 bits per heavy atom. The highest BCUT2D eigenvalue weighted by Crippen LogP contribution is 2.41. The molecule has 1 fully saturated rings. The van der Waals surface area contributed by atoms with Gasteiger partial charge in [-0.05, 0) is 61.2 Å². The summed E-state index contributed by atoms with van der Waals surface area (Å²) in [5.41, 5.74) is 4.41. The number of halogens is 2. The summed E-state index contributed by atoms with van der Waals surface area (Å²) >= 11 is 0. The van der Waals surface area contributed by atoms with E-state index in [1.807, 2.05) is 39.8 Å². The van der Waals surface area contributed by atoms with Crippen molar-refractivity contribution in [2.75, 3.05) is 0 Å². The van der Waals surface area contributed by atoms with Crippen molar-refractivity contribution in [3.63, 3.8) is 0 Å². The number of fused-ring (bicyclic) bond motifs is 1. The van der Waals surface area contributed by atoms with Crippen LogP contribution >= 0.6 is 0 Å². The SMILES string of the molecule is CC(C)[Si](C#Cc1c(F)c(F)cc2cccc(B3OC(C)(C)C(C)(C)O3)c12)(C(C)C)C(C)C. The Kier molecular flexibility index (Phi) is 6.94. The van der Waals surface area contributed by atoms with Crippen molar-refractivity contribution < 1.29 is 18.1 Å². The lowest BCUT2D eigenvalue weighted by molar-refractivity contribution is 0.00578.